The summed E-state index contributed by atoms with van der Waals surface area (Å²) in [5.41, 5.74) is 9.08. The predicted octanol–water partition coefficient (Wildman–Crippen LogP) is 0.122. The third-order valence-electron chi connectivity index (χ3n) is 3.84. The second kappa shape index (κ2) is 11.1. The van der Waals surface area contributed by atoms with Crippen molar-refractivity contribution in [2.45, 2.75) is 45.8 Å². The molecule has 6 N–H and O–H groups in total. The van der Waals surface area contributed by atoms with Gasteiger partial charge in [-0.05, 0) is 25.3 Å². The lowest BCUT2D eigenvalue weighted by Crippen LogP contribution is -2.66. The van der Waals surface area contributed by atoms with E-state index in [9.17, 15) is 14.8 Å². The van der Waals surface area contributed by atoms with Gasteiger partial charge in [-0.15, -0.1) is 0 Å². The molecule has 0 aliphatic carbocycles. The van der Waals surface area contributed by atoms with Gasteiger partial charge in [-0.1, -0.05) is 32.1 Å². The number of hydrazine groups is 1. The van der Waals surface area contributed by atoms with E-state index in [-0.39, 0.29) is 12.4 Å². The summed E-state index contributed by atoms with van der Waals surface area (Å²) in [7, 11) is 0. The lowest BCUT2D eigenvalue weighted by molar-refractivity contribution is -0.150. The van der Waals surface area contributed by atoms with Gasteiger partial charge in [0.1, 0.15) is 18.2 Å². The zero-order chi connectivity index (χ0) is 20.4. The van der Waals surface area contributed by atoms with E-state index in [1.165, 1.54) is 4.90 Å². The zero-order valence-electron chi connectivity index (χ0n) is 16.0. The summed E-state index contributed by atoms with van der Waals surface area (Å²) < 4.78 is 0. The lowest BCUT2D eigenvalue weighted by Gasteiger charge is -2.38. The molecule has 0 aromatic rings. The first-order chi connectivity index (χ1) is 12.8. The highest BCUT2D eigenvalue weighted by molar-refractivity contribution is 6.36. The molecule has 10 nitrogen and oxygen atoms in total. The molecule has 10 heteroatoms. The Hall–Kier alpha value is -2.72. The Kier molecular flexibility index (Phi) is 9.17. The van der Waals surface area contributed by atoms with E-state index in [1.807, 2.05) is 39.0 Å². The standard InChI is InChI=1S/C17H29N7O3/c1-4-7-8-12(6-3)10-23-15(20-11-24(27)21-9-5-2)13(14(18)19)22-16(25)17(23)26/h6-8,11,13,15,21,27H,4-5,9-10H2,1-3H3,(H3,18,19)(H,22,25)/b8-7-,12-6+,20-11+. The van der Waals surface area contributed by atoms with E-state index < -0.39 is 24.0 Å². The van der Waals surface area contributed by atoms with E-state index >= 15 is 0 Å². The van der Waals surface area contributed by atoms with Gasteiger partial charge < -0.3 is 16.0 Å². The fourth-order valence-electron chi connectivity index (χ4n) is 2.38. The number of nitrogens with one attached hydrogen (secondary N) is 3. The topological polar surface area (TPSA) is 147 Å². The highest BCUT2D eigenvalue weighted by Gasteiger charge is 2.42. The molecule has 0 aromatic heterocycles. The van der Waals surface area contributed by atoms with E-state index in [2.05, 4.69) is 15.7 Å². The zero-order valence-corrected chi connectivity index (χ0v) is 16.0. The number of carbonyl (C=O) groups is 2. The quantitative estimate of drug-likeness (QED) is 0.120. The minimum absolute atomic E-state index is 0.124. The molecule has 150 valence electrons. The van der Waals surface area contributed by atoms with E-state index in [0.717, 1.165) is 24.8 Å². The van der Waals surface area contributed by atoms with Crippen molar-refractivity contribution in [3.8, 4) is 0 Å². The molecule has 2 atom stereocenters. The van der Waals surface area contributed by atoms with Crippen molar-refractivity contribution >= 4 is 24.0 Å². The second-order valence-electron chi connectivity index (χ2n) is 5.94. The minimum Gasteiger partial charge on any atom is -0.386 e. The van der Waals surface area contributed by atoms with Crippen molar-refractivity contribution in [2.75, 3.05) is 13.1 Å². The maximum atomic E-state index is 12.4. The summed E-state index contributed by atoms with van der Waals surface area (Å²) >= 11 is 0. The van der Waals surface area contributed by atoms with Gasteiger partial charge in [-0.2, -0.15) is 5.17 Å². The summed E-state index contributed by atoms with van der Waals surface area (Å²) in [6.45, 7) is 6.39. The molecule has 2 unspecified atom stereocenters. The van der Waals surface area contributed by atoms with Crippen molar-refractivity contribution < 1.29 is 14.8 Å². The maximum absolute atomic E-state index is 12.4. The number of piperazine rings is 1. The number of hydrogen-bond acceptors (Lipinski definition) is 6. The number of hydroxylamine groups is 1. The summed E-state index contributed by atoms with van der Waals surface area (Å²) in [6, 6.07) is -0.987. The Morgan fingerprint density at radius 1 is 1.48 bits per heavy atom. The number of nitrogens with two attached hydrogens (primary N) is 1. The molecule has 1 saturated heterocycles. The first kappa shape index (κ1) is 22.3. The number of allylic oxidation sites excluding steroid dienone is 2. The highest BCUT2D eigenvalue weighted by atomic mass is 16.5. The van der Waals surface area contributed by atoms with Crippen LogP contribution in [0.5, 0.6) is 0 Å². The number of hydrogen-bond donors (Lipinski definition) is 5. The third kappa shape index (κ3) is 6.50. The van der Waals surface area contributed by atoms with E-state index in [4.69, 9.17) is 11.1 Å². The smallest absolute Gasteiger partial charge is 0.313 e. The van der Waals surface area contributed by atoms with Crippen LogP contribution < -0.4 is 16.5 Å². The molecule has 0 radical (unpaired) electrons. The molecule has 1 rings (SSSR count). The SMILES string of the molecule is C/C=C(\C=C/CC)CN1C(=O)C(=O)NC(C(=N)N)C1/N=C/N(O)NCCC. The molecule has 27 heavy (non-hydrogen) atoms. The van der Waals surface area contributed by atoms with Crippen LogP contribution in [0, 0.1) is 5.41 Å². The van der Waals surface area contributed by atoms with Gasteiger partial charge in [0.2, 0.25) is 0 Å². The lowest BCUT2D eigenvalue weighted by atomic mass is 10.1. The molecule has 1 fully saturated rings. The Labute approximate surface area is 159 Å². The second-order valence-corrected chi connectivity index (χ2v) is 5.94. The van der Waals surface area contributed by atoms with Crippen molar-refractivity contribution in [1.82, 2.24) is 20.8 Å². The van der Waals surface area contributed by atoms with Crippen LogP contribution in [-0.4, -0.2) is 64.6 Å². The first-order valence-electron chi connectivity index (χ1n) is 8.87. The van der Waals surface area contributed by atoms with Gasteiger partial charge in [0.05, 0.1) is 0 Å². The molecule has 1 aliphatic rings. The van der Waals surface area contributed by atoms with Gasteiger partial charge in [0, 0.05) is 13.1 Å². The van der Waals surface area contributed by atoms with Crippen LogP contribution in [-0.2, 0) is 9.59 Å². The molecular weight excluding hydrogens is 350 g/mol. The molecule has 0 spiro atoms. The van der Waals surface area contributed by atoms with Gasteiger partial charge in [0.25, 0.3) is 0 Å². The molecule has 0 bridgehead atoms. The van der Waals surface area contributed by atoms with Gasteiger partial charge >= 0.3 is 11.8 Å². The average molecular weight is 379 g/mol. The van der Waals surface area contributed by atoms with Gasteiger partial charge in [-0.3, -0.25) is 20.2 Å². The van der Waals surface area contributed by atoms with Crippen LogP contribution >= 0.6 is 0 Å². The van der Waals surface area contributed by atoms with Crippen LogP contribution in [0.4, 0.5) is 0 Å². The van der Waals surface area contributed by atoms with Crippen molar-refractivity contribution in [3.63, 3.8) is 0 Å². The molecule has 1 aliphatic heterocycles. The molecular formula is C17H29N7O3. The number of amidine groups is 1. The average Bonchev–Trinajstić information content (AvgIpc) is 2.65. The fraction of sp³-hybridized carbons (Fsp3) is 0.529. The summed E-state index contributed by atoms with van der Waals surface area (Å²) in [5, 5.41) is 20.6. The Morgan fingerprint density at radius 2 is 2.19 bits per heavy atom. The summed E-state index contributed by atoms with van der Waals surface area (Å²) in [6.07, 6.45) is 7.38. The van der Waals surface area contributed by atoms with Crippen LogP contribution in [0.15, 0.2) is 28.8 Å². The summed E-state index contributed by atoms with van der Waals surface area (Å²) in [4.78, 5) is 29.9. The van der Waals surface area contributed by atoms with E-state index in [0.29, 0.717) is 11.7 Å². The van der Waals surface area contributed by atoms with Gasteiger partial charge in [0.15, 0.2) is 6.17 Å². The molecule has 0 saturated carbocycles. The Bertz CT molecular complexity index is 630. The molecule has 2 amide bonds. The van der Waals surface area contributed by atoms with Crippen LogP contribution in [0.1, 0.15) is 33.6 Å². The third-order valence-corrected chi connectivity index (χ3v) is 3.84. The van der Waals surface area contributed by atoms with E-state index in [1.54, 1.807) is 0 Å². The van der Waals surface area contributed by atoms with Crippen molar-refractivity contribution in [2.24, 2.45) is 10.7 Å². The Balaban J connectivity index is 3.14. The Morgan fingerprint density at radius 3 is 2.74 bits per heavy atom. The molecule has 0 aromatic carbocycles. The van der Waals surface area contributed by atoms with Crippen molar-refractivity contribution in [1.29, 1.82) is 5.41 Å². The number of carbonyl (C=O) groups excluding carboxylic acids is 2. The number of rotatable bonds is 10. The summed E-state index contributed by atoms with van der Waals surface area (Å²) in [5.74, 6) is -1.95. The van der Waals surface area contributed by atoms with Crippen LogP contribution in [0.2, 0.25) is 0 Å². The minimum atomic E-state index is -0.987. The predicted molar refractivity (Wildman–Crippen MR) is 103 cm³/mol. The number of aliphatic imine (C=N–C) groups is 1. The first-order valence-corrected chi connectivity index (χ1v) is 8.87. The maximum Gasteiger partial charge on any atom is 0.313 e. The fourth-order valence-corrected chi connectivity index (χ4v) is 2.38. The molecule has 1 heterocycles. The largest absolute Gasteiger partial charge is 0.386 e. The van der Waals surface area contributed by atoms with Crippen LogP contribution in [0.25, 0.3) is 0 Å². The normalized spacial score (nSPS) is 21.2. The van der Waals surface area contributed by atoms with Crippen LogP contribution in [0.3, 0.4) is 0 Å². The highest BCUT2D eigenvalue weighted by Crippen LogP contribution is 2.16. The van der Waals surface area contributed by atoms with Crippen molar-refractivity contribution in [3.05, 3.63) is 23.8 Å². The monoisotopic (exact) mass is 379 g/mol. The number of amides is 2. The number of nitrogens with zero attached hydrogens (tertiary/aromatic N) is 3. The van der Waals surface area contributed by atoms with Gasteiger partial charge in [-0.25, -0.2) is 10.4 Å².